The Morgan fingerprint density at radius 1 is 1.63 bits per heavy atom. The number of aliphatic carboxylic acids is 1. The minimum Gasteiger partial charge on any atom is -0.480 e. The number of carbonyl (C=O) groups is 1. The van der Waals surface area contributed by atoms with Gasteiger partial charge in [0.2, 0.25) is 0 Å². The first-order chi connectivity index (χ1) is 9.15. The molecule has 1 aliphatic rings. The SMILES string of the molecule is CN(CC(=O)O)c1cc(NCC2CCCO2)ncn1. The minimum absolute atomic E-state index is 0.0951. The maximum Gasteiger partial charge on any atom is 0.323 e. The summed E-state index contributed by atoms with van der Waals surface area (Å²) in [6, 6.07) is 1.73. The third kappa shape index (κ3) is 4.06. The number of anilines is 2. The second-order valence-corrected chi connectivity index (χ2v) is 4.53. The molecule has 2 N–H and O–H groups in total. The largest absolute Gasteiger partial charge is 0.480 e. The van der Waals surface area contributed by atoms with E-state index in [0.717, 1.165) is 19.4 Å². The van der Waals surface area contributed by atoms with E-state index in [1.165, 1.54) is 6.33 Å². The summed E-state index contributed by atoms with van der Waals surface area (Å²) < 4.78 is 5.51. The summed E-state index contributed by atoms with van der Waals surface area (Å²) in [7, 11) is 1.68. The van der Waals surface area contributed by atoms with Gasteiger partial charge in [-0.25, -0.2) is 9.97 Å². The van der Waals surface area contributed by atoms with Crippen molar-refractivity contribution >= 4 is 17.6 Å². The maximum absolute atomic E-state index is 10.7. The first-order valence-electron chi connectivity index (χ1n) is 6.25. The third-order valence-corrected chi connectivity index (χ3v) is 2.95. The molecule has 7 nitrogen and oxygen atoms in total. The number of likely N-dealkylation sites (N-methyl/N-ethyl adjacent to an activating group) is 1. The quantitative estimate of drug-likeness (QED) is 0.779. The zero-order valence-corrected chi connectivity index (χ0v) is 10.9. The fraction of sp³-hybridized carbons (Fsp3) is 0.583. The van der Waals surface area contributed by atoms with Gasteiger partial charge < -0.3 is 20.1 Å². The van der Waals surface area contributed by atoms with Crippen LogP contribution < -0.4 is 10.2 Å². The van der Waals surface area contributed by atoms with Gasteiger partial charge >= 0.3 is 5.97 Å². The van der Waals surface area contributed by atoms with Gasteiger partial charge in [-0.15, -0.1) is 0 Å². The Balaban J connectivity index is 1.92. The molecule has 0 bridgehead atoms. The highest BCUT2D eigenvalue weighted by Gasteiger charge is 2.15. The molecule has 0 spiro atoms. The fourth-order valence-corrected chi connectivity index (χ4v) is 1.96. The van der Waals surface area contributed by atoms with E-state index in [0.29, 0.717) is 18.2 Å². The van der Waals surface area contributed by atoms with Gasteiger partial charge in [-0.3, -0.25) is 4.79 Å². The Morgan fingerprint density at radius 2 is 2.47 bits per heavy atom. The molecule has 1 aliphatic heterocycles. The molecule has 0 amide bonds. The standard InChI is InChI=1S/C12H18N4O3/c1-16(7-12(17)18)11-5-10(14-8-15-11)13-6-9-3-2-4-19-9/h5,8-9H,2-4,6-7H2,1H3,(H,17,18)(H,13,14,15). The Labute approximate surface area is 111 Å². The number of nitrogens with one attached hydrogen (secondary N) is 1. The minimum atomic E-state index is -0.894. The van der Waals surface area contributed by atoms with Crippen LogP contribution in [-0.2, 0) is 9.53 Å². The number of hydrogen-bond acceptors (Lipinski definition) is 6. The predicted octanol–water partition coefficient (Wildman–Crippen LogP) is 0.588. The van der Waals surface area contributed by atoms with Crippen molar-refractivity contribution in [2.75, 3.05) is 37.0 Å². The van der Waals surface area contributed by atoms with Crippen molar-refractivity contribution in [3.8, 4) is 0 Å². The molecule has 1 aromatic rings. The van der Waals surface area contributed by atoms with Crippen LogP contribution in [0.3, 0.4) is 0 Å². The van der Waals surface area contributed by atoms with E-state index in [-0.39, 0.29) is 12.6 Å². The van der Waals surface area contributed by atoms with Gasteiger partial charge in [0.25, 0.3) is 0 Å². The number of ether oxygens (including phenoxy) is 1. The van der Waals surface area contributed by atoms with E-state index >= 15 is 0 Å². The van der Waals surface area contributed by atoms with Crippen LogP contribution in [0.25, 0.3) is 0 Å². The van der Waals surface area contributed by atoms with Gasteiger partial charge in [0, 0.05) is 26.3 Å². The molecule has 1 aromatic heterocycles. The Hall–Kier alpha value is -1.89. The van der Waals surface area contributed by atoms with Crippen LogP contribution in [0.5, 0.6) is 0 Å². The van der Waals surface area contributed by atoms with Crippen molar-refractivity contribution in [1.29, 1.82) is 0 Å². The van der Waals surface area contributed by atoms with Gasteiger partial charge in [0.1, 0.15) is 24.5 Å². The summed E-state index contributed by atoms with van der Waals surface area (Å²) in [5.41, 5.74) is 0. The van der Waals surface area contributed by atoms with E-state index in [4.69, 9.17) is 9.84 Å². The second-order valence-electron chi connectivity index (χ2n) is 4.53. The molecule has 0 saturated carbocycles. The summed E-state index contributed by atoms with van der Waals surface area (Å²) in [6.07, 6.45) is 3.81. The summed E-state index contributed by atoms with van der Waals surface area (Å²) >= 11 is 0. The summed E-state index contributed by atoms with van der Waals surface area (Å²) in [5, 5.41) is 11.9. The van der Waals surface area contributed by atoms with Gasteiger partial charge in [0.15, 0.2) is 0 Å². The molecule has 0 aliphatic carbocycles. The van der Waals surface area contributed by atoms with Gasteiger partial charge in [-0.05, 0) is 12.8 Å². The van der Waals surface area contributed by atoms with Crippen molar-refractivity contribution in [3.05, 3.63) is 12.4 Å². The molecule has 2 rings (SSSR count). The van der Waals surface area contributed by atoms with E-state index in [1.807, 2.05) is 0 Å². The van der Waals surface area contributed by atoms with Crippen molar-refractivity contribution in [2.45, 2.75) is 18.9 Å². The molecule has 2 heterocycles. The highest BCUT2D eigenvalue weighted by atomic mass is 16.5. The molecule has 0 aromatic carbocycles. The first kappa shape index (κ1) is 13.5. The number of nitrogens with zero attached hydrogens (tertiary/aromatic N) is 3. The van der Waals surface area contributed by atoms with Crippen LogP contribution >= 0.6 is 0 Å². The second kappa shape index (κ2) is 6.33. The monoisotopic (exact) mass is 266 g/mol. The average Bonchev–Trinajstić information content (AvgIpc) is 2.89. The maximum atomic E-state index is 10.7. The molecule has 1 saturated heterocycles. The van der Waals surface area contributed by atoms with Crippen molar-refractivity contribution in [3.63, 3.8) is 0 Å². The van der Waals surface area contributed by atoms with Crippen LogP contribution in [0, 0.1) is 0 Å². The topological polar surface area (TPSA) is 87.6 Å². The molecule has 0 radical (unpaired) electrons. The Bertz CT molecular complexity index is 435. The average molecular weight is 266 g/mol. The smallest absolute Gasteiger partial charge is 0.323 e. The van der Waals surface area contributed by atoms with Crippen LogP contribution in [0.2, 0.25) is 0 Å². The van der Waals surface area contributed by atoms with E-state index in [9.17, 15) is 4.79 Å². The first-order valence-corrected chi connectivity index (χ1v) is 6.25. The molecule has 7 heteroatoms. The van der Waals surface area contributed by atoms with Gasteiger partial charge in [-0.1, -0.05) is 0 Å². The zero-order valence-electron chi connectivity index (χ0n) is 10.9. The van der Waals surface area contributed by atoms with Crippen LogP contribution in [0.15, 0.2) is 12.4 Å². The highest BCUT2D eigenvalue weighted by molar-refractivity contribution is 5.73. The third-order valence-electron chi connectivity index (χ3n) is 2.95. The lowest BCUT2D eigenvalue weighted by Crippen LogP contribution is -2.26. The highest BCUT2D eigenvalue weighted by Crippen LogP contribution is 2.15. The van der Waals surface area contributed by atoms with Gasteiger partial charge in [0.05, 0.1) is 6.10 Å². The summed E-state index contributed by atoms with van der Waals surface area (Å²) in [5.74, 6) is 0.361. The van der Waals surface area contributed by atoms with Crippen LogP contribution in [-0.4, -0.2) is 53.9 Å². The van der Waals surface area contributed by atoms with E-state index in [2.05, 4.69) is 15.3 Å². The number of carboxylic acid groups (broad SMARTS) is 1. The normalized spacial score (nSPS) is 18.3. The molecular weight excluding hydrogens is 248 g/mol. The Kier molecular flexibility index (Phi) is 4.51. The molecular formula is C12H18N4O3. The zero-order chi connectivity index (χ0) is 13.7. The van der Waals surface area contributed by atoms with Crippen LogP contribution in [0.1, 0.15) is 12.8 Å². The van der Waals surface area contributed by atoms with E-state index < -0.39 is 5.97 Å². The number of aromatic nitrogens is 2. The number of carboxylic acids is 1. The molecule has 104 valence electrons. The molecule has 1 atom stereocenters. The van der Waals surface area contributed by atoms with Crippen LogP contribution in [0.4, 0.5) is 11.6 Å². The van der Waals surface area contributed by atoms with Crippen molar-refractivity contribution < 1.29 is 14.6 Å². The fourth-order valence-electron chi connectivity index (χ4n) is 1.96. The van der Waals surface area contributed by atoms with Crippen molar-refractivity contribution in [1.82, 2.24) is 9.97 Å². The number of rotatable bonds is 6. The van der Waals surface area contributed by atoms with Crippen molar-refractivity contribution in [2.24, 2.45) is 0 Å². The molecule has 1 fully saturated rings. The molecule has 19 heavy (non-hydrogen) atoms. The molecule has 1 unspecified atom stereocenters. The lowest BCUT2D eigenvalue weighted by Gasteiger charge is -2.16. The van der Waals surface area contributed by atoms with Gasteiger partial charge in [-0.2, -0.15) is 0 Å². The summed E-state index contributed by atoms with van der Waals surface area (Å²) in [4.78, 5) is 20.4. The lowest BCUT2D eigenvalue weighted by molar-refractivity contribution is -0.135. The Morgan fingerprint density at radius 3 is 3.16 bits per heavy atom. The lowest BCUT2D eigenvalue weighted by atomic mass is 10.2. The predicted molar refractivity (Wildman–Crippen MR) is 70.4 cm³/mol. The number of hydrogen-bond donors (Lipinski definition) is 2. The van der Waals surface area contributed by atoms with E-state index in [1.54, 1.807) is 18.0 Å². The summed E-state index contributed by atoms with van der Waals surface area (Å²) in [6.45, 7) is 1.43.